The lowest BCUT2D eigenvalue weighted by Crippen LogP contribution is -2.24. The van der Waals surface area contributed by atoms with Gasteiger partial charge >= 0.3 is 12.1 Å². The van der Waals surface area contributed by atoms with Gasteiger partial charge in [-0.15, -0.1) is 0 Å². The smallest absolute Gasteiger partial charge is 0.416 e. The highest BCUT2D eigenvalue weighted by molar-refractivity contribution is 5.94. The zero-order valence-electron chi connectivity index (χ0n) is 15.3. The van der Waals surface area contributed by atoms with Gasteiger partial charge in [-0.05, 0) is 53.1 Å². The molecule has 1 amide bonds. The SMILES string of the molecule is O=C(O)c1cccc(-c2cccc(CNC(=O)c3ccc(C(F)(F)F)cc3F)c2)c1. The van der Waals surface area contributed by atoms with Crippen LogP contribution in [0.4, 0.5) is 17.6 Å². The molecule has 0 aliphatic rings. The molecular formula is C22H15F4NO3. The third-order valence-electron chi connectivity index (χ3n) is 4.36. The van der Waals surface area contributed by atoms with E-state index >= 15 is 0 Å². The Morgan fingerprint density at radius 3 is 2.20 bits per heavy atom. The maximum atomic E-state index is 13.9. The van der Waals surface area contributed by atoms with Gasteiger partial charge in [0.15, 0.2) is 0 Å². The van der Waals surface area contributed by atoms with E-state index in [0.29, 0.717) is 22.8 Å². The Bertz CT molecular complexity index is 1110. The highest BCUT2D eigenvalue weighted by Crippen LogP contribution is 2.30. The fourth-order valence-corrected chi connectivity index (χ4v) is 2.85. The molecule has 0 unspecified atom stereocenters. The predicted molar refractivity (Wildman–Crippen MR) is 101 cm³/mol. The van der Waals surface area contributed by atoms with Crippen molar-refractivity contribution in [3.8, 4) is 11.1 Å². The van der Waals surface area contributed by atoms with E-state index in [9.17, 15) is 27.2 Å². The van der Waals surface area contributed by atoms with E-state index in [1.807, 2.05) is 0 Å². The van der Waals surface area contributed by atoms with E-state index in [4.69, 9.17) is 5.11 Å². The molecule has 0 atom stereocenters. The van der Waals surface area contributed by atoms with Crippen molar-refractivity contribution in [2.75, 3.05) is 0 Å². The van der Waals surface area contributed by atoms with Gasteiger partial charge in [0.1, 0.15) is 5.82 Å². The summed E-state index contributed by atoms with van der Waals surface area (Å²) >= 11 is 0. The summed E-state index contributed by atoms with van der Waals surface area (Å²) < 4.78 is 51.8. The Morgan fingerprint density at radius 1 is 0.900 bits per heavy atom. The Hall–Kier alpha value is -3.68. The molecule has 30 heavy (non-hydrogen) atoms. The maximum absolute atomic E-state index is 13.9. The molecule has 0 spiro atoms. The highest BCUT2D eigenvalue weighted by atomic mass is 19.4. The van der Waals surface area contributed by atoms with Gasteiger partial charge in [-0.3, -0.25) is 4.79 Å². The van der Waals surface area contributed by atoms with Gasteiger partial charge in [-0.2, -0.15) is 13.2 Å². The number of carboxylic acids is 1. The summed E-state index contributed by atoms with van der Waals surface area (Å²) in [4.78, 5) is 23.3. The van der Waals surface area contributed by atoms with Crippen LogP contribution in [0.2, 0.25) is 0 Å². The molecule has 0 heterocycles. The molecule has 0 saturated carbocycles. The van der Waals surface area contributed by atoms with Crippen LogP contribution in [0.15, 0.2) is 66.7 Å². The van der Waals surface area contributed by atoms with Crippen LogP contribution in [0.5, 0.6) is 0 Å². The molecule has 0 bridgehead atoms. The molecule has 2 N–H and O–H groups in total. The highest BCUT2D eigenvalue weighted by Gasteiger charge is 2.31. The number of hydrogen-bond acceptors (Lipinski definition) is 2. The molecule has 0 fully saturated rings. The minimum atomic E-state index is -4.70. The standard InChI is InChI=1S/C22H15F4NO3/c23-19-11-17(22(24,25)26)7-8-18(19)20(28)27-12-13-3-1-4-14(9-13)15-5-2-6-16(10-15)21(29)30/h1-11H,12H2,(H,27,28)(H,29,30). The minimum absolute atomic E-state index is 0.00571. The van der Waals surface area contributed by atoms with Crippen LogP contribution in [0.25, 0.3) is 11.1 Å². The number of carbonyl (C=O) groups excluding carboxylic acids is 1. The third-order valence-corrected chi connectivity index (χ3v) is 4.36. The second-order valence-corrected chi connectivity index (χ2v) is 6.46. The first-order valence-corrected chi connectivity index (χ1v) is 8.73. The first-order valence-electron chi connectivity index (χ1n) is 8.73. The molecule has 4 nitrogen and oxygen atoms in total. The Labute approximate surface area is 168 Å². The number of carboxylic acid groups (broad SMARTS) is 1. The summed E-state index contributed by atoms with van der Waals surface area (Å²) in [5.41, 5.74) is 0.487. The van der Waals surface area contributed by atoms with Gasteiger partial charge < -0.3 is 10.4 Å². The lowest BCUT2D eigenvalue weighted by Gasteiger charge is -2.10. The molecule has 8 heteroatoms. The van der Waals surface area contributed by atoms with Crippen molar-refractivity contribution in [1.29, 1.82) is 0 Å². The number of aromatic carboxylic acids is 1. The summed E-state index contributed by atoms with van der Waals surface area (Å²) in [5, 5.41) is 11.6. The Balaban J connectivity index is 1.74. The molecular weight excluding hydrogens is 402 g/mol. The van der Waals surface area contributed by atoms with Crippen LogP contribution in [0, 0.1) is 5.82 Å². The van der Waals surface area contributed by atoms with E-state index in [1.54, 1.807) is 36.4 Å². The molecule has 0 aliphatic carbocycles. The van der Waals surface area contributed by atoms with Gasteiger partial charge in [0.25, 0.3) is 5.91 Å². The molecule has 0 saturated heterocycles. The van der Waals surface area contributed by atoms with Gasteiger partial charge in [-0.1, -0.05) is 30.3 Å². The first kappa shape index (κ1) is 21.0. The Morgan fingerprint density at radius 2 is 1.57 bits per heavy atom. The number of rotatable bonds is 5. The molecule has 0 aromatic heterocycles. The number of carbonyl (C=O) groups is 2. The average molecular weight is 417 g/mol. The first-order chi connectivity index (χ1) is 14.1. The van der Waals surface area contributed by atoms with E-state index < -0.39 is 35.0 Å². The van der Waals surface area contributed by atoms with Crippen LogP contribution in [0.1, 0.15) is 31.8 Å². The summed E-state index contributed by atoms with van der Waals surface area (Å²) in [6.45, 7) is 0.00571. The summed E-state index contributed by atoms with van der Waals surface area (Å²) in [5.74, 6) is -3.17. The summed E-state index contributed by atoms with van der Waals surface area (Å²) in [6.07, 6.45) is -4.70. The van der Waals surface area contributed by atoms with Gasteiger partial charge in [0.05, 0.1) is 16.7 Å². The van der Waals surface area contributed by atoms with E-state index in [-0.39, 0.29) is 18.2 Å². The predicted octanol–water partition coefficient (Wildman–Crippen LogP) is 5.14. The van der Waals surface area contributed by atoms with Crippen LogP contribution >= 0.6 is 0 Å². The lowest BCUT2D eigenvalue weighted by atomic mass is 10.0. The van der Waals surface area contributed by atoms with Gasteiger partial charge in [-0.25, -0.2) is 9.18 Å². The molecule has 154 valence electrons. The minimum Gasteiger partial charge on any atom is -0.478 e. The van der Waals surface area contributed by atoms with Crippen LogP contribution in [-0.4, -0.2) is 17.0 Å². The molecule has 3 aromatic carbocycles. The Kier molecular flexibility index (Phi) is 5.86. The quantitative estimate of drug-likeness (QED) is 0.565. The monoisotopic (exact) mass is 417 g/mol. The number of benzene rings is 3. The fourth-order valence-electron chi connectivity index (χ4n) is 2.85. The number of alkyl halides is 3. The van der Waals surface area contributed by atoms with E-state index in [0.717, 1.165) is 6.07 Å². The van der Waals surface area contributed by atoms with E-state index in [2.05, 4.69) is 5.32 Å². The second kappa shape index (κ2) is 8.36. The van der Waals surface area contributed by atoms with Crippen LogP contribution < -0.4 is 5.32 Å². The number of amides is 1. The van der Waals surface area contributed by atoms with Crippen molar-refractivity contribution >= 4 is 11.9 Å². The fraction of sp³-hybridized carbons (Fsp3) is 0.0909. The normalized spacial score (nSPS) is 11.2. The third kappa shape index (κ3) is 4.83. The number of nitrogens with one attached hydrogen (secondary N) is 1. The topological polar surface area (TPSA) is 66.4 Å². The maximum Gasteiger partial charge on any atom is 0.416 e. The van der Waals surface area contributed by atoms with Crippen LogP contribution in [-0.2, 0) is 12.7 Å². The van der Waals surface area contributed by atoms with Crippen LogP contribution in [0.3, 0.4) is 0 Å². The van der Waals surface area contributed by atoms with Crippen molar-refractivity contribution in [3.05, 3.63) is 94.8 Å². The van der Waals surface area contributed by atoms with Gasteiger partial charge in [0.2, 0.25) is 0 Å². The van der Waals surface area contributed by atoms with Gasteiger partial charge in [0, 0.05) is 6.54 Å². The zero-order valence-corrected chi connectivity index (χ0v) is 15.3. The van der Waals surface area contributed by atoms with Crippen molar-refractivity contribution in [3.63, 3.8) is 0 Å². The molecule has 3 aromatic rings. The van der Waals surface area contributed by atoms with Crippen molar-refractivity contribution < 1.29 is 32.3 Å². The molecule has 0 aliphatic heterocycles. The summed E-state index contributed by atoms with van der Waals surface area (Å²) in [7, 11) is 0. The van der Waals surface area contributed by atoms with E-state index in [1.165, 1.54) is 12.1 Å². The molecule has 3 rings (SSSR count). The van der Waals surface area contributed by atoms with Crippen molar-refractivity contribution in [1.82, 2.24) is 5.32 Å². The average Bonchev–Trinajstić information content (AvgIpc) is 2.71. The molecule has 0 radical (unpaired) electrons. The lowest BCUT2D eigenvalue weighted by molar-refractivity contribution is -0.137. The zero-order chi connectivity index (χ0) is 21.9. The van der Waals surface area contributed by atoms with Crippen molar-refractivity contribution in [2.45, 2.75) is 12.7 Å². The largest absolute Gasteiger partial charge is 0.478 e. The second-order valence-electron chi connectivity index (χ2n) is 6.46. The van der Waals surface area contributed by atoms with Crippen molar-refractivity contribution in [2.24, 2.45) is 0 Å². The number of halogens is 4. The summed E-state index contributed by atoms with van der Waals surface area (Å²) in [6, 6.07) is 15.0. The number of hydrogen-bond donors (Lipinski definition) is 2.